The number of allylic oxidation sites excluding steroid dienone is 1. The molecule has 0 radical (unpaired) electrons. The van der Waals surface area contributed by atoms with E-state index in [0.717, 1.165) is 12.8 Å². The summed E-state index contributed by atoms with van der Waals surface area (Å²) in [6.45, 7) is 5.03. The Hall–Kier alpha value is -2.79. The Morgan fingerprint density at radius 1 is 0.833 bits per heavy atom. The van der Waals surface area contributed by atoms with E-state index in [1.807, 2.05) is 6.08 Å². The smallest absolute Gasteiger partial charge is 0.288 e. The number of carbonyl (C=O) groups is 1. The molecule has 9 heteroatoms. The van der Waals surface area contributed by atoms with Gasteiger partial charge in [-0.2, -0.15) is 0 Å². The number of aliphatic hydroxyl groups is 1. The van der Waals surface area contributed by atoms with Gasteiger partial charge < -0.3 is 38.4 Å². The van der Waals surface area contributed by atoms with E-state index in [2.05, 4.69) is 42.5 Å². The third kappa shape index (κ3) is 8.18. The van der Waals surface area contributed by atoms with Crippen molar-refractivity contribution in [1.29, 1.82) is 0 Å². The first-order valence-corrected chi connectivity index (χ1v) is 15.2. The van der Waals surface area contributed by atoms with Crippen molar-refractivity contribution < 1.29 is 38.3 Å². The van der Waals surface area contributed by atoms with E-state index < -0.39 is 6.29 Å². The number of amides is 1. The van der Waals surface area contributed by atoms with Gasteiger partial charge in [-0.3, -0.25) is 4.79 Å². The van der Waals surface area contributed by atoms with Crippen LogP contribution in [0, 0.1) is 0 Å². The summed E-state index contributed by atoms with van der Waals surface area (Å²) in [4.78, 5) is 15.7. The second-order valence-electron chi connectivity index (χ2n) is 10.7. The molecule has 2 heterocycles. The van der Waals surface area contributed by atoms with Crippen LogP contribution >= 0.6 is 0 Å². The first-order valence-electron chi connectivity index (χ1n) is 15.2. The van der Waals surface area contributed by atoms with Crippen molar-refractivity contribution in [3.8, 4) is 11.1 Å². The molecule has 1 saturated heterocycles. The minimum Gasteiger partial charge on any atom is -0.459 e. The Bertz CT molecular complexity index is 1170. The van der Waals surface area contributed by atoms with Gasteiger partial charge in [0.1, 0.15) is 0 Å². The zero-order valence-corrected chi connectivity index (χ0v) is 24.3. The molecule has 1 aliphatic carbocycles. The first kappa shape index (κ1) is 30.7. The molecule has 42 heavy (non-hydrogen) atoms. The summed E-state index contributed by atoms with van der Waals surface area (Å²) in [5.74, 6) is 0.0368. The molecule has 2 atom stereocenters. The minimum absolute atomic E-state index is 0.0462. The molecule has 3 aliphatic rings. The fourth-order valence-electron chi connectivity index (χ4n) is 5.67. The second kappa shape index (κ2) is 16.2. The molecule has 0 aromatic heterocycles. The van der Waals surface area contributed by atoms with E-state index in [-0.39, 0.29) is 24.2 Å². The Balaban J connectivity index is 1.35. The van der Waals surface area contributed by atoms with E-state index in [4.69, 9.17) is 28.4 Å². The van der Waals surface area contributed by atoms with Crippen molar-refractivity contribution in [2.24, 2.45) is 0 Å². The van der Waals surface area contributed by atoms with E-state index in [1.54, 1.807) is 4.90 Å². The zero-order valence-electron chi connectivity index (χ0n) is 24.3. The van der Waals surface area contributed by atoms with E-state index in [9.17, 15) is 9.90 Å². The largest absolute Gasteiger partial charge is 0.459 e. The lowest BCUT2D eigenvalue weighted by Gasteiger charge is -2.32. The fourth-order valence-corrected chi connectivity index (χ4v) is 5.67. The highest BCUT2D eigenvalue weighted by Crippen LogP contribution is 2.43. The number of ether oxygens (including phenoxy) is 6. The standard InChI is InChI=1S/C33H43NO8/c35-12-3-4-13-41-32-24-26(28-8-5-9-29-27-7-2-1-6-25(27)22-30(28)29)23-31(42-32)33(36)34-10-14-37-16-18-39-20-21-40-19-17-38-15-11-34/h1-2,5-9,23,26,32,35H,3-4,10-22,24H2/t26-,32+/m0/s1. The maximum absolute atomic E-state index is 13.9. The normalized spacial score (nSPS) is 22.2. The molecule has 1 fully saturated rings. The van der Waals surface area contributed by atoms with Crippen LogP contribution in [0.2, 0.25) is 0 Å². The fraction of sp³-hybridized carbons (Fsp3) is 0.545. The summed E-state index contributed by atoms with van der Waals surface area (Å²) in [7, 11) is 0. The van der Waals surface area contributed by atoms with E-state index in [1.165, 1.54) is 27.8 Å². The number of aliphatic hydroxyl groups excluding tert-OH is 1. The maximum atomic E-state index is 13.9. The molecule has 2 aliphatic heterocycles. The molecular weight excluding hydrogens is 538 g/mol. The van der Waals surface area contributed by atoms with Crippen molar-refractivity contribution in [3.63, 3.8) is 0 Å². The summed E-state index contributed by atoms with van der Waals surface area (Å²) < 4.78 is 34.8. The summed E-state index contributed by atoms with van der Waals surface area (Å²) >= 11 is 0. The van der Waals surface area contributed by atoms with Crippen molar-refractivity contribution in [2.75, 3.05) is 79.2 Å². The maximum Gasteiger partial charge on any atom is 0.288 e. The molecule has 2 aromatic rings. The number of hydrogen-bond acceptors (Lipinski definition) is 8. The van der Waals surface area contributed by atoms with Gasteiger partial charge in [-0.25, -0.2) is 0 Å². The summed E-state index contributed by atoms with van der Waals surface area (Å²) in [5, 5.41) is 9.19. The van der Waals surface area contributed by atoms with Crippen molar-refractivity contribution in [2.45, 2.75) is 37.9 Å². The molecule has 1 amide bonds. The zero-order chi connectivity index (χ0) is 29.0. The predicted octanol–water partition coefficient (Wildman–Crippen LogP) is 3.67. The Kier molecular flexibility index (Phi) is 11.8. The lowest BCUT2D eigenvalue weighted by atomic mass is 9.87. The summed E-state index contributed by atoms with van der Waals surface area (Å²) in [6.07, 6.45) is 4.25. The number of rotatable bonds is 7. The third-order valence-corrected chi connectivity index (χ3v) is 7.83. The van der Waals surface area contributed by atoms with E-state index >= 15 is 0 Å². The van der Waals surface area contributed by atoms with Crippen LogP contribution in [0.25, 0.3) is 11.1 Å². The van der Waals surface area contributed by atoms with Gasteiger partial charge in [-0.1, -0.05) is 42.5 Å². The van der Waals surface area contributed by atoms with Crippen LogP contribution in [0.1, 0.15) is 41.9 Å². The predicted molar refractivity (Wildman–Crippen MR) is 157 cm³/mol. The minimum atomic E-state index is -0.567. The number of fused-ring (bicyclic) bond motifs is 3. The van der Waals surface area contributed by atoms with Gasteiger partial charge in [0.25, 0.3) is 5.91 Å². The van der Waals surface area contributed by atoms with Crippen molar-refractivity contribution in [1.82, 2.24) is 4.90 Å². The average molecular weight is 582 g/mol. The third-order valence-electron chi connectivity index (χ3n) is 7.83. The van der Waals surface area contributed by atoms with Crippen molar-refractivity contribution in [3.05, 3.63) is 71.0 Å². The monoisotopic (exact) mass is 581 g/mol. The van der Waals surface area contributed by atoms with Crippen LogP contribution in [0.4, 0.5) is 0 Å². The van der Waals surface area contributed by atoms with Crippen LogP contribution in [0.3, 0.4) is 0 Å². The van der Waals surface area contributed by atoms with Gasteiger partial charge in [0.15, 0.2) is 5.76 Å². The molecule has 0 spiro atoms. The van der Waals surface area contributed by atoms with Crippen LogP contribution < -0.4 is 0 Å². The van der Waals surface area contributed by atoms with Crippen LogP contribution in [-0.2, 0) is 39.6 Å². The Labute approximate surface area is 248 Å². The molecule has 9 nitrogen and oxygen atoms in total. The number of unbranched alkanes of at least 4 members (excludes halogenated alkanes) is 1. The SMILES string of the molecule is O=C(C1=C[C@H](c2cccc3c2Cc2ccccc2-3)C[C@H](OCCCCO)O1)N1CCOCCOCCOCCOCC1. The number of hydrogen-bond donors (Lipinski definition) is 1. The van der Waals surface area contributed by atoms with Crippen LogP contribution in [0.5, 0.6) is 0 Å². The second-order valence-corrected chi connectivity index (χ2v) is 10.7. The molecular formula is C33H43NO8. The lowest BCUT2D eigenvalue weighted by Crippen LogP contribution is -2.40. The molecule has 5 rings (SSSR count). The topological polar surface area (TPSA) is 95.9 Å². The van der Waals surface area contributed by atoms with Gasteiger partial charge in [0.2, 0.25) is 6.29 Å². The van der Waals surface area contributed by atoms with Crippen LogP contribution in [0.15, 0.2) is 54.3 Å². The molecule has 2 aromatic carbocycles. The van der Waals surface area contributed by atoms with Gasteiger partial charge in [-0.15, -0.1) is 0 Å². The lowest BCUT2D eigenvalue weighted by molar-refractivity contribution is -0.153. The molecule has 228 valence electrons. The Morgan fingerprint density at radius 2 is 1.50 bits per heavy atom. The number of carbonyl (C=O) groups excluding carboxylic acids is 1. The van der Waals surface area contributed by atoms with Gasteiger partial charge in [0.05, 0.1) is 59.5 Å². The highest BCUT2D eigenvalue weighted by Gasteiger charge is 2.33. The highest BCUT2D eigenvalue weighted by molar-refractivity contribution is 5.92. The van der Waals surface area contributed by atoms with Gasteiger partial charge in [-0.05, 0) is 53.2 Å². The van der Waals surface area contributed by atoms with Gasteiger partial charge >= 0.3 is 0 Å². The first-order chi connectivity index (χ1) is 20.7. The quantitative estimate of drug-likeness (QED) is 0.423. The highest BCUT2D eigenvalue weighted by atomic mass is 16.7. The van der Waals surface area contributed by atoms with Crippen molar-refractivity contribution >= 4 is 5.91 Å². The summed E-state index contributed by atoms with van der Waals surface area (Å²) in [5.41, 5.74) is 6.35. The average Bonchev–Trinajstić information content (AvgIpc) is 3.40. The summed E-state index contributed by atoms with van der Waals surface area (Å²) in [6, 6.07) is 15.0. The molecule has 0 bridgehead atoms. The van der Waals surface area contributed by atoms with Crippen LogP contribution in [-0.4, -0.2) is 101 Å². The molecule has 0 saturated carbocycles. The van der Waals surface area contributed by atoms with E-state index in [0.29, 0.717) is 85.4 Å². The Morgan fingerprint density at radius 3 is 2.21 bits per heavy atom. The molecule has 0 unspecified atom stereocenters. The molecule has 1 N–H and O–H groups in total. The van der Waals surface area contributed by atoms with Gasteiger partial charge in [0, 0.05) is 32.0 Å². The number of nitrogens with zero attached hydrogens (tertiary/aromatic N) is 1. The number of benzene rings is 2.